The molecule has 3 heterocycles. The van der Waals surface area contributed by atoms with Crippen molar-refractivity contribution in [2.24, 2.45) is 7.05 Å². The van der Waals surface area contributed by atoms with Gasteiger partial charge in [0.2, 0.25) is 0 Å². The fraction of sp³-hybridized carbons (Fsp3) is 0.522. The molecule has 0 unspecified atom stereocenters. The highest BCUT2D eigenvalue weighted by atomic mass is 35.5. The maximum atomic E-state index is 11.4. The molecule has 1 atom stereocenters. The van der Waals surface area contributed by atoms with Gasteiger partial charge in [-0.2, -0.15) is 5.10 Å². The Labute approximate surface area is 195 Å². The van der Waals surface area contributed by atoms with Gasteiger partial charge in [0.25, 0.3) is 0 Å². The molecule has 1 N–H and O–H groups in total. The van der Waals surface area contributed by atoms with Gasteiger partial charge in [-0.25, -0.2) is 9.78 Å². The first-order valence-corrected chi connectivity index (χ1v) is 14.1. The lowest BCUT2D eigenvalue weighted by Crippen LogP contribution is -2.41. The predicted octanol–water partition coefficient (Wildman–Crippen LogP) is 5.69. The van der Waals surface area contributed by atoms with Crippen molar-refractivity contribution in [2.45, 2.75) is 64.7 Å². The Morgan fingerprint density at radius 2 is 2.00 bits per heavy atom. The van der Waals surface area contributed by atoms with Crippen LogP contribution < -0.4 is 0 Å². The van der Waals surface area contributed by atoms with E-state index in [0.29, 0.717) is 18.2 Å². The standard InChI is InChI=1S/C23H33ClN4O3Si/c1-15(10-11-31-32(6,7)23(2,3)4)28-20-13-21(24)25-14-17(20)18(26-28)12-16-8-9-19(22(29)30)27(16)5/h8-9,13-15H,10-12H2,1-7H3,(H,29,30)/t15-/m0/s1. The summed E-state index contributed by atoms with van der Waals surface area (Å²) >= 11 is 6.20. The summed E-state index contributed by atoms with van der Waals surface area (Å²) in [7, 11) is -0.0480. The zero-order valence-corrected chi connectivity index (χ0v) is 21.7. The third-order valence-corrected chi connectivity index (χ3v) is 11.4. The van der Waals surface area contributed by atoms with E-state index in [0.717, 1.165) is 28.7 Å². The average molecular weight is 477 g/mol. The molecule has 0 amide bonds. The van der Waals surface area contributed by atoms with Gasteiger partial charge in [-0.3, -0.25) is 4.68 Å². The van der Waals surface area contributed by atoms with Crippen molar-refractivity contribution in [3.8, 4) is 0 Å². The Balaban J connectivity index is 1.86. The lowest BCUT2D eigenvalue weighted by Gasteiger charge is -2.36. The van der Waals surface area contributed by atoms with Crippen molar-refractivity contribution in [1.29, 1.82) is 0 Å². The van der Waals surface area contributed by atoms with Gasteiger partial charge in [-0.05, 0) is 43.6 Å². The first-order valence-electron chi connectivity index (χ1n) is 10.9. The lowest BCUT2D eigenvalue weighted by molar-refractivity contribution is 0.0686. The van der Waals surface area contributed by atoms with Crippen molar-refractivity contribution in [3.05, 3.63) is 46.6 Å². The molecule has 0 aliphatic heterocycles. The summed E-state index contributed by atoms with van der Waals surface area (Å²) in [4.78, 5) is 15.6. The van der Waals surface area contributed by atoms with Crippen LogP contribution in [-0.4, -0.2) is 45.3 Å². The van der Waals surface area contributed by atoms with Crippen LogP contribution in [-0.2, 0) is 17.9 Å². The summed E-state index contributed by atoms with van der Waals surface area (Å²) in [6.07, 6.45) is 3.08. The number of carboxylic acids is 1. The predicted molar refractivity (Wildman–Crippen MR) is 130 cm³/mol. The van der Waals surface area contributed by atoms with Gasteiger partial charge in [0.05, 0.1) is 17.3 Å². The molecule has 0 aliphatic carbocycles. The zero-order chi connectivity index (χ0) is 23.8. The van der Waals surface area contributed by atoms with Crippen LogP contribution in [0.1, 0.15) is 62.0 Å². The number of aromatic carboxylic acids is 1. The highest BCUT2D eigenvalue weighted by molar-refractivity contribution is 6.74. The zero-order valence-electron chi connectivity index (χ0n) is 19.9. The van der Waals surface area contributed by atoms with E-state index < -0.39 is 14.3 Å². The number of halogens is 1. The fourth-order valence-electron chi connectivity index (χ4n) is 3.48. The van der Waals surface area contributed by atoms with Crippen molar-refractivity contribution < 1.29 is 14.3 Å². The van der Waals surface area contributed by atoms with Crippen molar-refractivity contribution in [3.63, 3.8) is 0 Å². The highest BCUT2D eigenvalue weighted by Gasteiger charge is 2.37. The monoisotopic (exact) mass is 476 g/mol. The Morgan fingerprint density at radius 3 is 2.59 bits per heavy atom. The molecule has 0 aliphatic rings. The van der Waals surface area contributed by atoms with Crippen LogP contribution in [0.2, 0.25) is 23.3 Å². The topological polar surface area (TPSA) is 82.2 Å². The van der Waals surface area contributed by atoms with Crippen LogP contribution in [0.25, 0.3) is 10.9 Å². The molecule has 174 valence electrons. The number of hydrogen-bond acceptors (Lipinski definition) is 4. The Morgan fingerprint density at radius 1 is 1.31 bits per heavy atom. The van der Waals surface area contributed by atoms with E-state index in [1.54, 1.807) is 23.9 Å². The molecule has 0 spiro atoms. The summed E-state index contributed by atoms with van der Waals surface area (Å²) < 4.78 is 10.0. The first kappa shape index (κ1) is 24.5. The van der Waals surface area contributed by atoms with E-state index >= 15 is 0 Å². The fourth-order valence-corrected chi connectivity index (χ4v) is 4.69. The van der Waals surface area contributed by atoms with E-state index in [1.165, 1.54) is 0 Å². The lowest BCUT2D eigenvalue weighted by atomic mass is 10.1. The first-order chi connectivity index (χ1) is 14.8. The van der Waals surface area contributed by atoms with E-state index in [-0.39, 0.29) is 16.8 Å². The molecule has 0 aromatic carbocycles. The summed E-state index contributed by atoms with van der Waals surface area (Å²) in [5.41, 5.74) is 2.89. The van der Waals surface area contributed by atoms with E-state index in [9.17, 15) is 9.90 Å². The Kier molecular flexibility index (Phi) is 6.88. The number of nitrogens with zero attached hydrogens (tertiary/aromatic N) is 4. The quantitative estimate of drug-likeness (QED) is 0.333. The van der Waals surface area contributed by atoms with Gasteiger partial charge < -0.3 is 14.1 Å². The third kappa shape index (κ3) is 4.92. The summed E-state index contributed by atoms with van der Waals surface area (Å²) in [5, 5.41) is 15.7. The molecule has 0 saturated heterocycles. The molecule has 32 heavy (non-hydrogen) atoms. The second kappa shape index (κ2) is 9.00. The minimum absolute atomic E-state index is 0.109. The maximum Gasteiger partial charge on any atom is 0.352 e. The molecule has 3 aromatic rings. The Hall–Kier alpha value is -2.16. The van der Waals surface area contributed by atoms with Crippen LogP contribution in [0.4, 0.5) is 0 Å². The molecule has 7 nitrogen and oxygen atoms in total. The normalized spacial score (nSPS) is 13.6. The molecular formula is C23H33ClN4O3Si. The van der Waals surface area contributed by atoms with Gasteiger partial charge in [0, 0.05) is 43.4 Å². The maximum absolute atomic E-state index is 11.4. The third-order valence-electron chi connectivity index (χ3n) is 6.65. The molecule has 9 heteroatoms. The molecule has 0 radical (unpaired) electrons. The molecule has 0 fully saturated rings. The van der Waals surface area contributed by atoms with Crippen LogP contribution in [0.3, 0.4) is 0 Å². The number of rotatable bonds is 8. The number of aromatic nitrogens is 4. The van der Waals surface area contributed by atoms with Gasteiger partial charge in [0.1, 0.15) is 10.8 Å². The average Bonchev–Trinajstić information content (AvgIpc) is 3.21. The smallest absolute Gasteiger partial charge is 0.352 e. The van der Waals surface area contributed by atoms with Gasteiger partial charge in [0.15, 0.2) is 8.32 Å². The van der Waals surface area contributed by atoms with Crippen LogP contribution in [0, 0.1) is 0 Å². The summed E-state index contributed by atoms with van der Waals surface area (Å²) in [6, 6.07) is 5.39. The van der Waals surface area contributed by atoms with Crippen molar-refractivity contribution in [1.82, 2.24) is 19.3 Å². The largest absolute Gasteiger partial charge is 0.477 e. The number of fused-ring (bicyclic) bond motifs is 1. The van der Waals surface area contributed by atoms with Crippen LogP contribution in [0.15, 0.2) is 24.4 Å². The number of carbonyl (C=O) groups is 1. The van der Waals surface area contributed by atoms with Crippen LogP contribution >= 0.6 is 11.6 Å². The second-order valence-electron chi connectivity index (χ2n) is 9.91. The van der Waals surface area contributed by atoms with Crippen molar-refractivity contribution >= 4 is 36.8 Å². The van der Waals surface area contributed by atoms with E-state index in [2.05, 4.69) is 45.8 Å². The SMILES string of the molecule is C[C@@H](CCO[Si](C)(C)C(C)(C)C)n1nc(Cc2ccc(C(=O)O)n2C)c2cnc(Cl)cc21. The molecule has 0 bridgehead atoms. The van der Waals surface area contributed by atoms with Crippen LogP contribution in [0.5, 0.6) is 0 Å². The molecule has 0 saturated carbocycles. The molecule has 3 aromatic heterocycles. The molecular weight excluding hydrogens is 444 g/mol. The van der Waals surface area contributed by atoms with Gasteiger partial charge in [-0.15, -0.1) is 0 Å². The summed E-state index contributed by atoms with van der Waals surface area (Å²) in [5.74, 6) is -0.946. The highest BCUT2D eigenvalue weighted by Crippen LogP contribution is 2.37. The Bertz CT molecular complexity index is 1130. The van der Waals surface area contributed by atoms with Crippen molar-refractivity contribution in [2.75, 3.05) is 6.61 Å². The number of hydrogen-bond donors (Lipinski definition) is 1. The summed E-state index contributed by atoms with van der Waals surface area (Å²) in [6.45, 7) is 14.0. The minimum atomic E-state index is -1.81. The molecule has 3 rings (SSSR count). The second-order valence-corrected chi connectivity index (χ2v) is 15.1. The number of carboxylic acid groups (broad SMARTS) is 1. The van der Waals surface area contributed by atoms with Gasteiger partial charge >= 0.3 is 5.97 Å². The van der Waals surface area contributed by atoms with Gasteiger partial charge in [-0.1, -0.05) is 32.4 Å². The minimum Gasteiger partial charge on any atom is -0.477 e. The number of pyridine rings is 1. The van der Waals surface area contributed by atoms with E-state index in [4.69, 9.17) is 21.1 Å². The van der Waals surface area contributed by atoms with E-state index in [1.807, 2.05) is 16.8 Å².